The Bertz CT molecular complexity index is 924. The van der Waals surface area contributed by atoms with Crippen LogP contribution in [0.4, 0.5) is 5.69 Å². The van der Waals surface area contributed by atoms with E-state index in [9.17, 15) is 9.59 Å². The molecule has 0 radical (unpaired) electrons. The lowest BCUT2D eigenvalue weighted by atomic mass is 10.1. The molecule has 0 bridgehead atoms. The van der Waals surface area contributed by atoms with Crippen molar-refractivity contribution in [1.29, 1.82) is 0 Å². The van der Waals surface area contributed by atoms with Gasteiger partial charge in [-0.15, -0.1) is 0 Å². The molecule has 0 atom stereocenters. The van der Waals surface area contributed by atoms with E-state index in [-0.39, 0.29) is 12.3 Å². The quantitative estimate of drug-likeness (QED) is 0.723. The fraction of sp³-hybridized carbons (Fsp3) is 0.176. The molecular weight excluding hydrogens is 294 g/mol. The number of fused-ring (bicyclic) bond motifs is 1. The van der Waals surface area contributed by atoms with Crippen molar-refractivity contribution in [2.75, 3.05) is 12.8 Å². The van der Waals surface area contributed by atoms with Crippen LogP contribution in [0.3, 0.4) is 0 Å². The first-order chi connectivity index (χ1) is 11.1. The van der Waals surface area contributed by atoms with Gasteiger partial charge in [0.25, 0.3) is 0 Å². The topological polar surface area (TPSA) is 90.1 Å². The van der Waals surface area contributed by atoms with E-state index in [1.807, 2.05) is 24.3 Å². The highest BCUT2D eigenvalue weighted by Crippen LogP contribution is 2.16. The molecule has 0 aliphatic rings. The number of nitrogen functional groups attached to an aromatic ring is 1. The van der Waals surface area contributed by atoms with Crippen LogP contribution in [0.15, 0.2) is 47.3 Å². The minimum atomic E-state index is -0.443. The van der Waals surface area contributed by atoms with Crippen LogP contribution in [0.5, 0.6) is 5.75 Å². The van der Waals surface area contributed by atoms with E-state index in [1.165, 1.54) is 0 Å². The van der Waals surface area contributed by atoms with Crippen LogP contribution in [0.25, 0.3) is 11.0 Å². The van der Waals surface area contributed by atoms with Crippen molar-refractivity contribution in [1.82, 2.24) is 9.55 Å². The Morgan fingerprint density at radius 2 is 2.09 bits per heavy atom. The zero-order chi connectivity index (χ0) is 16.4. The molecule has 0 spiro atoms. The van der Waals surface area contributed by atoms with Gasteiger partial charge in [0.2, 0.25) is 5.91 Å². The highest BCUT2D eigenvalue weighted by atomic mass is 16.5. The van der Waals surface area contributed by atoms with Crippen LogP contribution in [0, 0.1) is 0 Å². The third-order valence-electron chi connectivity index (χ3n) is 3.72. The van der Waals surface area contributed by atoms with Gasteiger partial charge >= 0.3 is 5.69 Å². The number of nitrogens with zero attached hydrogens (tertiary/aromatic N) is 1. The maximum Gasteiger partial charge on any atom is 0.333 e. The van der Waals surface area contributed by atoms with Crippen molar-refractivity contribution in [3.05, 3.63) is 58.5 Å². The van der Waals surface area contributed by atoms with Crippen molar-refractivity contribution < 1.29 is 9.53 Å². The molecule has 0 aliphatic heterocycles. The summed E-state index contributed by atoms with van der Waals surface area (Å²) in [7, 11) is 1.60. The Hall–Kier alpha value is -3.02. The average molecular weight is 311 g/mol. The fourth-order valence-corrected chi connectivity index (χ4v) is 2.57. The zero-order valence-electron chi connectivity index (χ0n) is 12.7. The van der Waals surface area contributed by atoms with E-state index in [0.717, 1.165) is 15.9 Å². The summed E-state index contributed by atoms with van der Waals surface area (Å²) >= 11 is 0. The average Bonchev–Trinajstić information content (AvgIpc) is 2.87. The molecular formula is C17H17N3O3. The summed E-state index contributed by atoms with van der Waals surface area (Å²) in [5.74, 6) is 0.489. The van der Waals surface area contributed by atoms with Crippen LogP contribution in [-0.4, -0.2) is 22.6 Å². The molecule has 23 heavy (non-hydrogen) atoms. The number of ether oxygens (including phenoxy) is 1. The molecule has 0 saturated carbocycles. The Balaban J connectivity index is 1.83. The summed E-state index contributed by atoms with van der Waals surface area (Å²) in [6.07, 6.45) is 0.758. The Labute approximate surface area is 132 Å². The first kappa shape index (κ1) is 14.9. The summed E-state index contributed by atoms with van der Waals surface area (Å²) in [6.45, 7) is 0. The van der Waals surface area contributed by atoms with Gasteiger partial charge in [-0.05, 0) is 42.3 Å². The van der Waals surface area contributed by atoms with Gasteiger partial charge in [-0.25, -0.2) is 9.36 Å². The number of imidazole rings is 1. The molecule has 2 aromatic carbocycles. The molecule has 6 nitrogen and oxygen atoms in total. The van der Waals surface area contributed by atoms with E-state index in [4.69, 9.17) is 10.5 Å². The Morgan fingerprint density at radius 3 is 2.87 bits per heavy atom. The number of aryl methyl sites for hydroxylation is 1. The molecule has 118 valence electrons. The minimum Gasteiger partial charge on any atom is -0.497 e. The Morgan fingerprint density at radius 1 is 1.26 bits per heavy atom. The predicted molar refractivity (Wildman–Crippen MR) is 88.9 cm³/mol. The molecule has 6 heteroatoms. The number of rotatable bonds is 4. The largest absolute Gasteiger partial charge is 0.497 e. The molecule has 3 aromatic rings. The number of hydrogen-bond donors (Lipinski definition) is 2. The maximum absolute atomic E-state index is 12.4. The lowest BCUT2D eigenvalue weighted by Gasteiger charge is -2.05. The smallest absolute Gasteiger partial charge is 0.333 e. The van der Waals surface area contributed by atoms with E-state index < -0.39 is 5.69 Å². The second-order valence-corrected chi connectivity index (χ2v) is 5.29. The van der Waals surface area contributed by atoms with Crippen LogP contribution in [0.2, 0.25) is 0 Å². The predicted octanol–water partition coefficient (Wildman–Crippen LogP) is 2.19. The number of anilines is 1. The van der Waals surface area contributed by atoms with Gasteiger partial charge in [0, 0.05) is 12.1 Å². The number of aromatic nitrogens is 2. The number of carbonyl (C=O) groups is 1. The van der Waals surface area contributed by atoms with Gasteiger partial charge in [-0.2, -0.15) is 0 Å². The molecule has 1 heterocycles. The normalized spacial score (nSPS) is 10.8. The number of nitrogens with one attached hydrogen (secondary N) is 1. The SMILES string of the molecule is COc1cccc(CCC(=O)n2c(=O)[nH]c3cc(N)ccc32)c1. The maximum atomic E-state index is 12.4. The first-order valence-electron chi connectivity index (χ1n) is 7.25. The molecule has 0 unspecified atom stereocenters. The third-order valence-corrected chi connectivity index (χ3v) is 3.72. The number of hydrogen-bond acceptors (Lipinski definition) is 4. The van der Waals surface area contributed by atoms with Crippen molar-refractivity contribution >= 4 is 22.6 Å². The van der Waals surface area contributed by atoms with E-state index in [0.29, 0.717) is 23.1 Å². The molecule has 3 rings (SSSR count). The summed E-state index contributed by atoms with van der Waals surface area (Å²) in [5.41, 5.74) is 7.87. The Kier molecular flexibility index (Phi) is 3.89. The first-order valence-corrected chi connectivity index (χ1v) is 7.25. The van der Waals surface area contributed by atoms with Gasteiger partial charge in [-0.1, -0.05) is 12.1 Å². The van der Waals surface area contributed by atoms with Crippen LogP contribution in [0.1, 0.15) is 16.8 Å². The van der Waals surface area contributed by atoms with E-state index in [2.05, 4.69) is 4.98 Å². The molecule has 3 N–H and O–H groups in total. The molecule has 0 fully saturated rings. The number of benzene rings is 2. The number of carbonyl (C=O) groups excluding carboxylic acids is 1. The number of nitrogens with two attached hydrogens (primary N) is 1. The highest BCUT2D eigenvalue weighted by molar-refractivity contribution is 5.91. The fourth-order valence-electron chi connectivity index (χ4n) is 2.57. The zero-order valence-corrected chi connectivity index (χ0v) is 12.7. The van der Waals surface area contributed by atoms with Crippen molar-refractivity contribution in [2.24, 2.45) is 0 Å². The van der Waals surface area contributed by atoms with E-state index in [1.54, 1.807) is 25.3 Å². The lowest BCUT2D eigenvalue weighted by Crippen LogP contribution is -2.24. The molecule has 0 amide bonds. The van der Waals surface area contributed by atoms with Gasteiger partial charge in [-0.3, -0.25) is 4.79 Å². The number of methoxy groups -OCH3 is 1. The van der Waals surface area contributed by atoms with Gasteiger partial charge < -0.3 is 15.5 Å². The molecule has 0 saturated heterocycles. The molecule has 1 aromatic heterocycles. The summed E-state index contributed by atoms with van der Waals surface area (Å²) in [6, 6.07) is 12.5. The lowest BCUT2D eigenvalue weighted by molar-refractivity contribution is 0.0904. The minimum absolute atomic E-state index is 0.227. The second-order valence-electron chi connectivity index (χ2n) is 5.29. The van der Waals surface area contributed by atoms with Gasteiger partial charge in [0.1, 0.15) is 5.75 Å². The number of H-pyrrole nitrogens is 1. The monoisotopic (exact) mass is 311 g/mol. The number of aromatic amines is 1. The van der Waals surface area contributed by atoms with Crippen molar-refractivity contribution in [3.8, 4) is 5.75 Å². The summed E-state index contributed by atoms with van der Waals surface area (Å²) < 4.78 is 6.33. The summed E-state index contributed by atoms with van der Waals surface area (Å²) in [4.78, 5) is 27.1. The van der Waals surface area contributed by atoms with Crippen LogP contribution < -0.4 is 16.2 Å². The second kappa shape index (κ2) is 6.00. The standard InChI is InChI=1S/C17H17N3O3/c1-23-13-4-2-3-11(9-13)5-8-16(21)20-15-7-6-12(18)10-14(15)19-17(20)22/h2-4,6-7,9-10H,5,8,18H2,1H3,(H,19,22). The molecule has 0 aliphatic carbocycles. The van der Waals surface area contributed by atoms with E-state index >= 15 is 0 Å². The van der Waals surface area contributed by atoms with Crippen molar-refractivity contribution in [3.63, 3.8) is 0 Å². The summed E-state index contributed by atoms with van der Waals surface area (Å²) in [5, 5.41) is 0. The highest BCUT2D eigenvalue weighted by Gasteiger charge is 2.14. The van der Waals surface area contributed by atoms with Gasteiger partial charge in [0.15, 0.2) is 0 Å². The van der Waals surface area contributed by atoms with Crippen molar-refractivity contribution in [2.45, 2.75) is 12.8 Å². The third kappa shape index (κ3) is 2.96. The van der Waals surface area contributed by atoms with Crippen LogP contribution in [-0.2, 0) is 6.42 Å². The van der Waals surface area contributed by atoms with Crippen LogP contribution >= 0.6 is 0 Å². The van der Waals surface area contributed by atoms with Gasteiger partial charge in [0.05, 0.1) is 18.1 Å².